The van der Waals surface area contributed by atoms with Gasteiger partial charge in [-0.3, -0.25) is 0 Å². The molecule has 0 aliphatic carbocycles. The molecule has 0 amide bonds. The molecule has 3 nitrogen and oxygen atoms in total. The highest BCUT2D eigenvalue weighted by molar-refractivity contribution is 5.74. The SMILES string of the molecule is COc1ccc2c(c1)N(C(C)C)C(C)CN2. The lowest BCUT2D eigenvalue weighted by molar-refractivity contribution is 0.414. The monoisotopic (exact) mass is 220 g/mol. The van der Waals surface area contributed by atoms with Crippen LogP contribution in [0.15, 0.2) is 18.2 Å². The van der Waals surface area contributed by atoms with E-state index in [1.54, 1.807) is 7.11 Å². The molecule has 0 spiro atoms. The second kappa shape index (κ2) is 4.24. The third kappa shape index (κ3) is 1.82. The summed E-state index contributed by atoms with van der Waals surface area (Å²) in [4.78, 5) is 2.44. The molecule has 0 aromatic heterocycles. The molecule has 1 aromatic carbocycles. The van der Waals surface area contributed by atoms with Crippen molar-refractivity contribution >= 4 is 11.4 Å². The van der Waals surface area contributed by atoms with Gasteiger partial charge < -0.3 is 15.0 Å². The molecule has 0 saturated heterocycles. The van der Waals surface area contributed by atoms with E-state index in [1.807, 2.05) is 6.07 Å². The van der Waals surface area contributed by atoms with Gasteiger partial charge in [0.15, 0.2) is 0 Å². The van der Waals surface area contributed by atoms with Crippen molar-refractivity contribution in [3.63, 3.8) is 0 Å². The summed E-state index contributed by atoms with van der Waals surface area (Å²) in [6.45, 7) is 7.70. The van der Waals surface area contributed by atoms with Gasteiger partial charge in [0, 0.05) is 24.7 Å². The number of anilines is 2. The van der Waals surface area contributed by atoms with Crippen molar-refractivity contribution in [2.24, 2.45) is 0 Å². The average Bonchev–Trinajstić information content (AvgIpc) is 2.27. The first-order valence-corrected chi connectivity index (χ1v) is 5.83. The Morgan fingerprint density at radius 1 is 1.44 bits per heavy atom. The molecule has 1 unspecified atom stereocenters. The summed E-state index contributed by atoms with van der Waals surface area (Å²) in [5.41, 5.74) is 2.45. The number of rotatable bonds is 2. The molecule has 1 aliphatic heterocycles. The Kier molecular flexibility index (Phi) is 2.95. The standard InChI is InChI=1S/C13H20N2O/c1-9(2)15-10(3)8-14-12-6-5-11(16-4)7-13(12)15/h5-7,9-10,14H,8H2,1-4H3. The third-order valence-electron chi connectivity index (χ3n) is 3.10. The minimum atomic E-state index is 0.503. The van der Waals surface area contributed by atoms with E-state index in [2.05, 4.69) is 43.1 Å². The minimum absolute atomic E-state index is 0.503. The number of hydrogen-bond acceptors (Lipinski definition) is 3. The predicted octanol–water partition coefficient (Wildman–Crippen LogP) is 2.72. The normalized spacial score (nSPS) is 19.3. The van der Waals surface area contributed by atoms with Gasteiger partial charge in [0.2, 0.25) is 0 Å². The molecule has 1 heterocycles. The molecule has 0 bridgehead atoms. The van der Waals surface area contributed by atoms with E-state index in [4.69, 9.17) is 4.74 Å². The Labute approximate surface area is 97.4 Å². The summed E-state index contributed by atoms with van der Waals surface area (Å²) in [6, 6.07) is 7.22. The predicted molar refractivity (Wildman–Crippen MR) is 68.6 cm³/mol. The molecule has 1 aromatic rings. The Morgan fingerprint density at radius 3 is 2.81 bits per heavy atom. The van der Waals surface area contributed by atoms with E-state index < -0.39 is 0 Å². The van der Waals surface area contributed by atoms with Crippen LogP contribution in [0.2, 0.25) is 0 Å². The van der Waals surface area contributed by atoms with Gasteiger partial charge in [-0.25, -0.2) is 0 Å². The van der Waals surface area contributed by atoms with Crippen molar-refractivity contribution in [1.82, 2.24) is 0 Å². The fourth-order valence-corrected chi connectivity index (χ4v) is 2.38. The first kappa shape index (κ1) is 11.1. The molecule has 16 heavy (non-hydrogen) atoms. The van der Waals surface area contributed by atoms with Crippen LogP contribution in [0.1, 0.15) is 20.8 Å². The van der Waals surface area contributed by atoms with Crippen LogP contribution in [0.4, 0.5) is 11.4 Å². The second-order valence-corrected chi connectivity index (χ2v) is 4.61. The van der Waals surface area contributed by atoms with Gasteiger partial charge in [-0.05, 0) is 32.9 Å². The highest BCUT2D eigenvalue weighted by Crippen LogP contribution is 2.35. The van der Waals surface area contributed by atoms with Crippen LogP contribution >= 0.6 is 0 Å². The lowest BCUT2D eigenvalue weighted by Crippen LogP contribution is -2.46. The van der Waals surface area contributed by atoms with E-state index in [9.17, 15) is 0 Å². The van der Waals surface area contributed by atoms with E-state index in [0.29, 0.717) is 12.1 Å². The van der Waals surface area contributed by atoms with Crippen LogP contribution in [-0.2, 0) is 0 Å². The first-order valence-electron chi connectivity index (χ1n) is 5.83. The largest absolute Gasteiger partial charge is 0.497 e. The topological polar surface area (TPSA) is 24.5 Å². The minimum Gasteiger partial charge on any atom is -0.497 e. The van der Waals surface area contributed by atoms with Crippen molar-refractivity contribution in [2.75, 3.05) is 23.9 Å². The molecule has 1 aliphatic rings. The Bertz CT molecular complexity index is 376. The van der Waals surface area contributed by atoms with Crippen LogP contribution < -0.4 is 15.0 Å². The van der Waals surface area contributed by atoms with Crippen molar-refractivity contribution in [3.8, 4) is 5.75 Å². The van der Waals surface area contributed by atoms with Crippen LogP contribution in [0, 0.1) is 0 Å². The lowest BCUT2D eigenvalue weighted by atomic mass is 10.1. The smallest absolute Gasteiger partial charge is 0.121 e. The number of benzene rings is 1. The molecule has 88 valence electrons. The molecule has 0 saturated carbocycles. The number of methoxy groups -OCH3 is 1. The third-order valence-corrected chi connectivity index (χ3v) is 3.10. The molecule has 1 atom stereocenters. The van der Waals surface area contributed by atoms with Crippen LogP contribution in [0.25, 0.3) is 0 Å². The van der Waals surface area contributed by atoms with Crippen LogP contribution in [0.5, 0.6) is 5.75 Å². The second-order valence-electron chi connectivity index (χ2n) is 4.61. The van der Waals surface area contributed by atoms with Crippen molar-refractivity contribution < 1.29 is 4.74 Å². The van der Waals surface area contributed by atoms with Gasteiger partial charge in [-0.15, -0.1) is 0 Å². The van der Waals surface area contributed by atoms with Crippen molar-refractivity contribution in [3.05, 3.63) is 18.2 Å². The Morgan fingerprint density at radius 2 is 2.19 bits per heavy atom. The molecular formula is C13H20N2O. The van der Waals surface area contributed by atoms with Gasteiger partial charge in [0.25, 0.3) is 0 Å². The molecule has 0 fully saturated rings. The zero-order valence-corrected chi connectivity index (χ0v) is 10.4. The summed E-state index contributed by atoms with van der Waals surface area (Å²) < 4.78 is 5.29. The average molecular weight is 220 g/mol. The molecule has 1 N–H and O–H groups in total. The first-order chi connectivity index (χ1) is 7.63. The highest BCUT2D eigenvalue weighted by Gasteiger charge is 2.25. The summed E-state index contributed by atoms with van der Waals surface area (Å²) in [5.74, 6) is 0.917. The number of fused-ring (bicyclic) bond motifs is 1. The molecule has 3 heteroatoms. The van der Waals surface area contributed by atoms with Crippen LogP contribution in [-0.4, -0.2) is 25.7 Å². The number of ether oxygens (including phenoxy) is 1. The Balaban J connectivity index is 2.44. The maximum absolute atomic E-state index is 5.29. The highest BCUT2D eigenvalue weighted by atomic mass is 16.5. The van der Waals surface area contributed by atoms with E-state index in [1.165, 1.54) is 11.4 Å². The summed E-state index contributed by atoms with van der Waals surface area (Å²) in [5, 5.41) is 3.45. The fourth-order valence-electron chi connectivity index (χ4n) is 2.38. The van der Waals surface area contributed by atoms with Gasteiger partial charge in [-0.2, -0.15) is 0 Å². The Hall–Kier alpha value is -1.38. The number of nitrogens with one attached hydrogen (secondary N) is 1. The fraction of sp³-hybridized carbons (Fsp3) is 0.538. The number of hydrogen-bond donors (Lipinski definition) is 1. The van der Waals surface area contributed by atoms with E-state index in [0.717, 1.165) is 12.3 Å². The molecule has 0 radical (unpaired) electrons. The zero-order valence-electron chi connectivity index (χ0n) is 10.4. The summed E-state index contributed by atoms with van der Waals surface area (Å²) in [6.07, 6.45) is 0. The van der Waals surface area contributed by atoms with Crippen molar-refractivity contribution in [2.45, 2.75) is 32.9 Å². The van der Waals surface area contributed by atoms with E-state index in [-0.39, 0.29) is 0 Å². The quantitative estimate of drug-likeness (QED) is 0.829. The maximum Gasteiger partial charge on any atom is 0.121 e. The molecular weight excluding hydrogens is 200 g/mol. The van der Waals surface area contributed by atoms with Crippen molar-refractivity contribution in [1.29, 1.82) is 0 Å². The van der Waals surface area contributed by atoms with Gasteiger partial charge in [0.1, 0.15) is 5.75 Å². The number of nitrogens with zero attached hydrogens (tertiary/aromatic N) is 1. The lowest BCUT2D eigenvalue weighted by Gasteiger charge is -2.40. The van der Waals surface area contributed by atoms with Gasteiger partial charge in [0.05, 0.1) is 18.5 Å². The van der Waals surface area contributed by atoms with Gasteiger partial charge >= 0.3 is 0 Å². The van der Waals surface area contributed by atoms with E-state index >= 15 is 0 Å². The summed E-state index contributed by atoms with van der Waals surface area (Å²) >= 11 is 0. The van der Waals surface area contributed by atoms with Crippen LogP contribution in [0.3, 0.4) is 0 Å². The maximum atomic E-state index is 5.29. The summed E-state index contributed by atoms with van der Waals surface area (Å²) in [7, 11) is 1.71. The van der Waals surface area contributed by atoms with Gasteiger partial charge in [-0.1, -0.05) is 0 Å². The molecule has 2 rings (SSSR count). The zero-order chi connectivity index (χ0) is 11.7.